The minimum absolute atomic E-state index is 0.143. The van der Waals surface area contributed by atoms with Crippen molar-refractivity contribution in [2.75, 3.05) is 39.8 Å². The number of methoxy groups -OCH3 is 1. The molecule has 0 radical (unpaired) electrons. The summed E-state index contributed by atoms with van der Waals surface area (Å²) < 4.78 is 4.80. The van der Waals surface area contributed by atoms with E-state index in [9.17, 15) is 9.59 Å². The summed E-state index contributed by atoms with van der Waals surface area (Å²) in [5, 5.41) is 0.566. The average Bonchev–Trinajstić information content (AvgIpc) is 2.99. The average molecular weight is 396 g/mol. The van der Waals surface area contributed by atoms with Crippen molar-refractivity contribution in [2.24, 2.45) is 5.92 Å². The fourth-order valence-corrected chi connectivity index (χ4v) is 3.94. The molecular formula is C18H26ClN5O3. The van der Waals surface area contributed by atoms with Gasteiger partial charge in [-0.2, -0.15) is 0 Å². The highest BCUT2D eigenvalue weighted by atomic mass is 35.5. The standard InChI is InChI=1S/C18H26ClN5O3/c1-11(2)8-12(10-23-4-6-24(7-5-23)18(26)27-3)15-13(19)9-14-16(21-15)22-17(25)20-14/h9,11-12H,4-8,10H2,1-3H3,(H2,20,21,22,25)/t12-/m1/s1. The zero-order valence-electron chi connectivity index (χ0n) is 15.9. The second-order valence-electron chi connectivity index (χ2n) is 7.41. The zero-order valence-corrected chi connectivity index (χ0v) is 16.7. The van der Waals surface area contributed by atoms with Gasteiger partial charge in [-0.3, -0.25) is 9.88 Å². The van der Waals surface area contributed by atoms with Crippen molar-refractivity contribution in [1.29, 1.82) is 0 Å². The molecule has 1 aliphatic rings. The van der Waals surface area contributed by atoms with Gasteiger partial charge in [0.2, 0.25) is 0 Å². The molecule has 3 heterocycles. The van der Waals surface area contributed by atoms with Gasteiger partial charge in [-0.05, 0) is 18.4 Å². The topological polar surface area (TPSA) is 94.3 Å². The molecule has 0 bridgehead atoms. The fourth-order valence-electron chi connectivity index (χ4n) is 3.64. The van der Waals surface area contributed by atoms with Crippen molar-refractivity contribution in [3.63, 3.8) is 0 Å². The van der Waals surface area contributed by atoms with E-state index in [0.717, 1.165) is 31.7 Å². The van der Waals surface area contributed by atoms with Gasteiger partial charge in [0.05, 0.1) is 23.3 Å². The van der Waals surface area contributed by atoms with Crippen molar-refractivity contribution in [3.05, 3.63) is 27.3 Å². The Labute approximate surface area is 162 Å². The summed E-state index contributed by atoms with van der Waals surface area (Å²) in [6.45, 7) is 8.01. The van der Waals surface area contributed by atoms with Crippen LogP contribution >= 0.6 is 11.6 Å². The number of carbonyl (C=O) groups is 1. The molecule has 8 nitrogen and oxygen atoms in total. The number of piperazine rings is 1. The van der Waals surface area contributed by atoms with Crippen LogP contribution in [0.4, 0.5) is 4.79 Å². The number of aromatic amines is 2. The summed E-state index contributed by atoms with van der Waals surface area (Å²) in [5.41, 5.74) is 1.67. The van der Waals surface area contributed by atoms with Crippen LogP contribution in [0.15, 0.2) is 10.9 Å². The minimum atomic E-state index is -0.287. The molecule has 1 saturated heterocycles. The number of ether oxygens (including phenoxy) is 1. The Morgan fingerprint density at radius 3 is 2.63 bits per heavy atom. The number of carbonyl (C=O) groups excluding carboxylic acids is 1. The second kappa shape index (κ2) is 8.31. The maximum absolute atomic E-state index is 11.7. The van der Waals surface area contributed by atoms with Crippen LogP contribution in [0.2, 0.25) is 5.02 Å². The lowest BCUT2D eigenvalue weighted by Crippen LogP contribution is -2.49. The summed E-state index contributed by atoms with van der Waals surface area (Å²) in [5.74, 6) is 0.621. The summed E-state index contributed by atoms with van der Waals surface area (Å²) in [7, 11) is 1.41. The first-order valence-electron chi connectivity index (χ1n) is 9.21. The number of hydrogen-bond acceptors (Lipinski definition) is 5. The quantitative estimate of drug-likeness (QED) is 0.810. The Kier molecular flexibility index (Phi) is 6.06. The zero-order chi connectivity index (χ0) is 19.6. The van der Waals surface area contributed by atoms with E-state index in [-0.39, 0.29) is 17.7 Å². The molecule has 1 fully saturated rings. The molecule has 0 aromatic carbocycles. The predicted molar refractivity (Wildman–Crippen MR) is 104 cm³/mol. The third-order valence-electron chi connectivity index (χ3n) is 4.91. The van der Waals surface area contributed by atoms with Gasteiger partial charge in [-0.15, -0.1) is 0 Å². The highest BCUT2D eigenvalue weighted by Crippen LogP contribution is 2.31. The number of hydrogen-bond donors (Lipinski definition) is 2. The Hall–Kier alpha value is -2.06. The lowest BCUT2D eigenvalue weighted by molar-refractivity contribution is 0.0880. The van der Waals surface area contributed by atoms with Crippen LogP contribution in [0.3, 0.4) is 0 Å². The normalized spacial score (nSPS) is 16.9. The van der Waals surface area contributed by atoms with Crippen molar-refractivity contribution < 1.29 is 9.53 Å². The van der Waals surface area contributed by atoms with Crippen LogP contribution in [-0.2, 0) is 4.74 Å². The van der Waals surface area contributed by atoms with Crippen LogP contribution in [0.5, 0.6) is 0 Å². The molecule has 1 amide bonds. The molecule has 2 aromatic heterocycles. The van der Waals surface area contributed by atoms with Crippen LogP contribution in [0, 0.1) is 5.92 Å². The third-order valence-corrected chi connectivity index (χ3v) is 5.21. The minimum Gasteiger partial charge on any atom is -0.453 e. The number of nitrogens with one attached hydrogen (secondary N) is 2. The Balaban J connectivity index is 1.78. The van der Waals surface area contributed by atoms with Gasteiger partial charge in [-0.1, -0.05) is 25.4 Å². The van der Waals surface area contributed by atoms with Crippen molar-refractivity contribution >= 4 is 28.9 Å². The number of amides is 1. The molecule has 3 rings (SSSR count). The van der Waals surface area contributed by atoms with Crippen molar-refractivity contribution in [1.82, 2.24) is 24.8 Å². The first-order chi connectivity index (χ1) is 12.9. The fraction of sp³-hybridized carbons (Fsp3) is 0.611. The van der Waals surface area contributed by atoms with Crippen LogP contribution in [0.1, 0.15) is 31.9 Å². The lowest BCUT2D eigenvalue weighted by atomic mass is 9.92. The highest BCUT2D eigenvalue weighted by Gasteiger charge is 2.26. The second-order valence-corrected chi connectivity index (χ2v) is 7.82. The van der Waals surface area contributed by atoms with Crippen LogP contribution in [-0.4, -0.2) is 70.7 Å². The van der Waals surface area contributed by atoms with Gasteiger partial charge in [-0.25, -0.2) is 14.6 Å². The maximum atomic E-state index is 11.7. The van der Waals surface area contributed by atoms with E-state index >= 15 is 0 Å². The Morgan fingerprint density at radius 1 is 1.30 bits per heavy atom. The van der Waals surface area contributed by atoms with Gasteiger partial charge >= 0.3 is 11.8 Å². The molecular weight excluding hydrogens is 370 g/mol. The third kappa shape index (κ3) is 4.62. The molecule has 2 N–H and O–H groups in total. The van der Waals surface area contributed by atoms with E-state index in [1.807, 2.05) is 0 Å². The molecule has 2 aromatic rings. The molecule has 9 heteroatoms. The summed E-state index contributed by atoms with van der Waals surface area (Å²) in [4.78, 5) is 37.3. The molecule has 0 spiro atoms. The Bertz CT molecular complexity index is 854. The van der Waals surface area contributed by atoms with Gasteiger partial charge in [0.25, 0.3) is 0 Å². The molecule has 0 aliphatic carbocycles. The van der Waals surface area contributed by atoms with Crippen LogP contribution < -0.4 is 5.69 Å². The summed E-state index contributed by atoms with van der Waals surface area (Å²) in [6, 6.07) is 1.76. The van der Waals surface area contributed by atoms with E-state index in [0.29, 0.717) is 35.2 Å². The molecule has 148 valence electrons. The number of nitrogens with zero attached hydrogens (tertiary/aromatic N) is 3. The predicted octanol–water partition coefficient (Wildman–Crippen LogP) is 2.42. The number of H-pyrrole nitrogens is 2. The highest BCUT2D eigenvalue weighted by molar-refractivity contribution is 6.31. The van der Waals surface area contributed by atoms with E-state index in [2.05, 4.69) is 33.7 Å². The number of halogens is 1. The SMILES string of the molecule is COC(=O)N1CCN(C[C@@H](CC(C)C)c2nc3[nH]c(=O)[nH]c3cc2Cl)CC1. The summed E-state index contributed by atoms with van der Waals surface area (Å²) >= 11 is 6.51. The van der Waals surface area contributed by atoms with Gasteiger partial charge in [0.15, 0.2) is 5.65 Å². The number of imidazole rings is 1. The first-order valence-corrected chi connectivity index (χ1v) is 9.58. The Morgan fingerprint density at radius 2 is 2.00 bits per heavy atom. The van der Waals surface area contributed by atoms with E-state index in [1.165, 1.54) is 7.11 Å². The molecule has 1 aliphatic heterocycles. The maximum Gasteiger partial charge on any atom is 0.409 e. The molecule has 0 saturated carbocycles. The largest absolute Gasteiger partial charge is 0.453 e. The van der Waals surface area contributed by atoms with E-state index in [1.54, 1.807) is 11.0 Å². The van der Waals surface area contributed by atoms with Crippen molar-refractivity contribution in [3.8, 4) is 0 Å². The van der Waals surface area contributed by atoms with Gasteiger partial charge < -0.3 is 14.6 Å². The van der Waals surface area contributed by atoms with Gasteiger partial charge in [0.1, 0.15) is 0 Å². The number of rotatable bonds is 5. The van der Waals surface area contributed by atoms with Crippen LogP contribution in [0.25, 0.3) is 11.2 Å². The lowest BCUT2D eigenvalue weighted by Gasteiger charge is -2.36. The smallest absolute Gasteiger partial charge is 0.409 e. The molecule has 0 unspecified atom stereocenters. The molecule has 1 atom stereocenters. The van der Waals surface area contributed by atoms with E-state index in [4.69, 9.17) is 16.3 Å². The molecule has 27 heavy (non-hydrogen) atoms. The number of aromatic nitrogens is 3. The number of fused-ring (bicyclic) bond motifs is 1. The summed E-state index contributed by atoms with van der Waals surface area (Å²) in [6.07, 6.45) is 0.657. The first kappa shape index (κ1) is 19.7. The van der Waals surface area contributed by atoms with Crippen molar-refractivity contribution in [2.45, 2.75) is 26.2 Å². The number of pyridine rings is 1. The monoisotopic (exact) mass is 395 g/mol. The van der Waals surface area contributed by atoms with Gasteiger partial charge in [0, 0.05) is 38.6 Å². The van der Waals surface area contributed by atoms with E-state index < -0.39 is 0 Å².